The molecule has 1 unspecified atom stereocenters. The van der Waals surface area contributed by atoms with Crippen molar-refractivity contribution in [3.05, 3.63) is 47.5 Å². The molecule has 20 heavy (non-hydrogen) atoms. The Balaban J connectivity index is 2.08. The zero-order valence-corrected chi connectivity index (χ0v) is 12.1. The van der Waals surface area contributed by atoms with Crippen LogP contribution in [0, 0.1) is 5.82 Å². The number of ether oxygens (including phenoxy) is 1. The summed E-state index contributed by atoms with van der Waals surface area (Å²) in [5.41, 5.74) is 1.92. The van der Waals surface area contributed by atoms with Crippen molar-refractivity contribution in [2.75, 3.05) is 7.11 Å². The van der Waals surface area contributed by atoms with E-state index in [9.17, 15) is 4.39 Å². The highest BCUT2D eigenvalue weighted by Crippen LogP contribution is 2.25. The highest BCUT2D eigenvalue weighted by Gasteiger charge is 2.13. The van der Waals surface area contributed by atoms with Crippen molar-refractivity contribution in [3.63, 3.8) is 0 Å². The van der Waals surface area contributed by atoms with E-state index in [1.54, 1.807) is 19.4 Å². The summed E-state index contributed by atoms with van der Waals surface area (Å²) in [6.45, 7) is 5.55. The molecule has 0 bridgehead atoms. The number of halogens is 1. The van der Waals surface area contributed by atoms with Crippen molar-refractivity contribution < 1.29 is 9.13 Å². The number of hydrogen-bond acceptors (Lipinski definition) is 3. The maximum atomic E-state index is 13.4. The number of aryl methyl sites for hydroxylation is 1. The van der Waals surface area contributed by atoms with Crippen LogP contribution in [0.4, 0.5) is 4.39 Å². The Kier molecular flexibility index (Phi) is 4.74. The molecule has 4 nitrogen and oxygen atoms in total. The molecule has 0 aliphatic heterocycles. The van der Waals surface area contributed by atoms with Crippen LogP contribution in [-0.2, 0) is 13.1 Å². The molecule has 1 aromatic carbocycles. The first kappa shape index (κ1) is 14.5. The van der Waals surface area contributed by atoms with Gasteiger partial charge >= 0.3 is 0 Å². The van der Waals surface area contributed by atoms with Crippen molar-refractivity contribution in [1.82, 2.24) is 15.1 Å². The molecule has 5 heteroatoms. The number of nitrogens with one attached hydrogen (secondary N) is 1. The average molecular weight is 277 g/mol. The lowest BCUT2D eigenvalue weighted by molar-refractivity contribution is 0.399. The van der Waals surface area contributed by atoms with Crippen molar-refractivity contribution in [2.24, 2.45) is 0 Å². The van der Waals surface area contributed by atoms with Gasteiger partial charge in [0.1, 0.15) is 11.6 Å². The van der Waals surface area contributed by atoms with Gasteiger partial charge < -0.3 is 10.1 Å². The molecule has 0 saturated heterocycles. The third-order valence-electron chi connectivity index (χ3n) is 3.35. The molecule has 0 spiro atoms. The summed E-state index contributed by atoms with van der Waals surface area (Å²) >= 11 is 0. The molecular weight excluding hydrogens is 257 g/mol. The smallest absolute Gasteiger partial charge is 0.123 e. The molecule has 108 valence electrons. The minimum absolute atomic E-state index is 0.0131. The maximum Gasteiger partial charge on any atom is 0.123 e. The van der Waals surface area contributed by atoms with E-state index in [1.807, 2.05) is 17.7 Å². The van der Waals surface area contributed by atoms with Crippen LogP contribution in [-0.4, -0.2) is 16.9 Å². The van der Waals surface area contributed by atoms with Gasteiger partial charge in [-0.15, -0.1) is 0 Å². The third-order valence-corrected chi connectivity index (χ3v) is 3.35. The molecular formula is C15H20FN3O. The highest BCUT2D eigenvalue weighted by atomic mass is 19.1. The van der Waals surface area contributed by atoms with Crippen molar-refractivity contribution in [2.45, 2.75) is 33.0 Å². The number of hydrogen-bond donors (Lipinski definition) is 1. The molecule has 0 amide bonds. The van der Waals surface area contributed by atoms with Gasteiger partial charge in [0.25, 0.3) is 0 Å². The van der Waals surface area contributed by atoms with E-state index in [-0.39, 0.29) is 11.9 Å². The quantitative estimate of drug-likeness (QED) is 0.882. The van der Waals surface area contributed by atoms with Gasteiger partial charge in [0, 0.05) is 30.9 Å². The number of benzene rings is 1. The predicted octanol–water partition coefficient (Wildman–Crippen LogP) is 2.90. The van der Waals surface area contributed by atoms with Crippen LogP contribution in [0.15, 0.2) is 30.5 Å². The van der Waals surface area contributed by atoms with Crippen LogP contribution in [0.1, 0.15) is 31.1 Å². The number of nitrogens with zero attached hydrogens (tertiary/aromatic N) is 2. The molecule has 1 aromatic heterocycles. The zero-order chi connectivity index (χ0) is 14.5. The fourth-order valence-corrected chi connectivity index (χ4v) is 2.21. The molecule has 2 aromatic rings. The number of aromatic nitrogens is 2. The Morgan fingerprint density at radius 1 is 1.40 bits per heavy atom. The number of rotatable bonds is 6. The maximum absolute atomic E-state index is 13.4. The van der Waals surface area contributed by atoms with Gasteiger partial charge in [0.2, 0.25) is 0 Å². The first-order valence-corrected chi connectivity index (χ1v) is 6.73. The van der Waals surface area contributed by atoms with Crippen molar-refractivity contribution in [1.29, 1.82) is 0 Å². The Hall–Kier alpha value is -1.88. The van der Waals surface area contributed by atoms with Gasteiger partial charge in [-0.3, -0.25) is 4.68 Å². The van der Waals surface area contributed by atoms with Crippen LogP contribution < -0.4 is 10.1 Å². The van der Waals surface area contributed by atoms with E-state index in [0.717, 1.165) is 17.8 Å². The lowest BCUT2D eigenvalue weighted by Gasteiger charge is -2.17. The second kappa shape index (κ2) is 6.52. The van der Waals surface area contributed by atoms with Gasteiger partial charge in [-0.05, 0) is 38.1 Å². The minimum atomic E-state index is -0.256. The summed E-state index contributed by atoms with van der Waals surface area (Å²) in [6.07, 6.45) is 1.79. The third kappa shape index (κ3) is 3.17. The van der Waals surface area contributed by atoms with E-state index in [2.05, 4.69) is 17.3 Å². The largest absolute Gasteiger partial charge is 0.496 e. The standard InChI is InChI=1S/C15H20FN3O/c1-4-19-13(7-8-18-19)10-17-11(2)14-9-12(16)5-6-15(14)20-3/h5-9,11,17H,4,10H2,1-3H3. The Morgan fingerprint density at radius 2 is 2.20 bits per heavy atom. The summed E-state index contributed by atoms with van der Waals surface area (Å²) < 4.78 is 20.6. The summed E-state index contributed by atoms with van der Waals surface area (Å²) in [5.74, 6) is 0.434. The van der Waals surface area contributed by atoms with Crippen LogP contribution in [0.2, 0.25) is 0 Å². The fraction of sp³-hybridized carbons (Fsp3) is 0.400. The molecule has 2 rings (SSSR count). The van der Waals surface area contributed by atoms with E-state index in [4.69, 9.17) is 4.74 Å². The van der Waals surface area contributed by atoms with Crippen LogP contribution in [0.3, 0.4) is 0 Å². The molecule has 0 fully saturated rings. The van der Waals surface area contributed by atoms with E-state index < -0.39 is 0 Å². The Bertz CT molecular complexity index is 568. The Labute approximate surface area is 118 Å². The predicted molar refractivity (Wildman–Crippen MR) is 76.1 cm³/mol. The van der Waals surface area contributed by atoms with Gasteiger partial charge in [-0.1, -0.05) is 0 Å². The van der Waals surface area contributed by atoms with E-state index in [1.165, 1.54) is 12.1 Å². The van der Waals surface area contributed by atoms with E-state index >= 15 is 0 Å². The van der Waals surface area contributed by atoms with Gasteiger partial charge in [-0.2, -0.15) is 5.10 Å². The van der Waals surface area contributed by atoms with Crippen LogP contribution in [0.25, 0.3) is 0 Å². The SMILES string of the molecule is CCn1nccc1CNC(C)c1cc(F)ccc1OC. The van der Waals surface area contributed by atoms with Crippen molar-refractivity contribution in [3.8, 4) is 5.75 Å². The molecule has 0 aliphatic carbocycles. The zero-order valence-electron chi connectivity index (χ0n) is 12.1. The summed E-state index contributed by atoms with van der Waals surface area (Å²) in [4.78, 5) is 0. The Morgan fingerprint density at radius 3 is 2.90 bits per heavy atom. The molecule has 1 N–H and O–H groups in total. The summed E-state index contributed by atoms with van der Waals surface area (Å²) in [6, 6.07) is 6.53. The second-order valence-electron chi connectivity index (χ2n) is 4.63. The molecule has 1 atom stereocenters. The first-order chi connectivity index (χ1) is 9.65. The molecule has 0 radical (unpaired) electrons. The van der Waals surface area contributed by atoms with Gasteiger partial charge in [-0.25, -0.2) is 4.39 Å². The first-order valence-electron chi connectivity index (χ1n) is 6.73. The minimum Gasteiger partial charge on any atom is -0.496 e. The summed E-state index contributed by atoms with van der Waals surface area (Å²) in [5, 5.41) is 7.60. The van der Waals surface area contributed by atoms with Crippen molar-refractivity contribution >= 4 is 0 Å². The monoisotopic (exact) mass is 277 g/mol. The molecule has 1 heterocycles. The van der Waals surface area contributed by atoms with Crippen LogP contribution in [0.5, 0.6) is 5.75 Å². The second-order valence-corrected chi connectivity index (χ2v) is 4.63. The number of methoxy groups -OCH3 is 1. The molecule has 0 aliphatic rings. The van der Waals surface area contributed by atoms with Gasteiger partial charge in [0.05, 0.1) is 12.8 Å². The topological polar surface area (TPSA) is 39.1 Å². The van der Waals surface area contributed by atoms with Gasteiger partial charge in [0.15, 0.2) is 0 Å². The molecule has 0 saturated carbocycles. The highest BCUT2D eigenvalue weighted by molar-refractivity contribution is 5.36. The lowest BCUT2D eigenvalue weighted by atomic mass is 10.1. The lowest BCUT2D eigenvalue weighted by Crippen LogP contribution is -2.21. The normalized spacial score (nSPS) is 12.4. The summed E-state index contributed by atoms with van der Waals surface area (Å²) in [7, 11) is 1.59. The average Bonchev–Trinajstić information content (AvgIpc) is 2.92. The fourth-order valence-electron chi connectivity index (χ4n) is 2.21. The van der Waals surface area contributed by atoms with Crippen LogP contribution >= 0.6 is 0 Å². The van der Waals surface area contributed by atoms with E-state index in [0.29, 0.717) is 12.3 Å².